The van der Waals surface area contributed by atoms with Crippen molar-refractivity contribution in [3.8, 4) is 0 Å². The summed E-state index contributed by atoms with van der Waals surface area (Å²) >= 11 is 0. The van der Waals surface area contributed by atoms with Crippen LogP contribution in [0.5, 0.6) is 0 Å². The number of ether oxygens (including phenoxy) is 1. The van der Waals surface area contributed by atoms with Crippen molar-refractivity contribution in [3.05, 3.63) is 34.9 Å². The molecule has 3 unspecified atom stereocenters. The number of methoxy groups -OCH3 is 1. The van der Waals surface area contributed by atoms with E-state index in [0.29, 0.717) is 11.8 Å². The van der Waals surface area contributed by atoms with Gasteiger partial charge in [-0.2, -0.15) is 0 Å². The fourth-order valence-electron chi connectivity index (χ4n) is 5.07. The normalized spacial score (nSPS) is 22.6. The van der Waals surface area contributed by atoms with E-state index in [2.05, 4.69) is 83.4 Å². The Hall–Kier alpha value is -0.900. The lowest BCUT2D eigenvalue weighted by Crippen LogP contribution is -2.46. The number of hydrogen-bond acceptors (Lipinski definition) is 3. The van der Waals surface area contributed by atoms with Crippen LogP contribution >= 0.6 is 0 Å². The second-order valence-electron chi connectivity index (χ2n) is 10.7. The van der Waals surface area contributed by atoms with E-state index in [4.69, 9.17) is 4.74 Å². The monoisotopic (exact) mass is 416 g/mol. The van der Waals surface area contributed by atoms with Gasteiger partial charge in [-0.25, -0.2) is 0 Å². The van der Waals surface area contributed by atoms with Gasteiger partial charge in [-0.15, -0.1) is 0 Å². The Labute approximate surface area is 187 Å². The zero-order chi connectivity index (χ0) is 22.5. The number of aryl methyl sites for hydroxylation is 2. The van der Waals surface area contributed by atoms with Crippen LogP contribution in [0.4, 0.5) is 0 Å². The molecule has 1 heterocycles. The molecule has 4 atom stereocenters. The topological polar surface area (TPSA) is 15.7 Å². The summed E-state index contributed by atoms with van der Waals surface area (Å²) in [5, 5.41) is 0. The standard InChI is InChI=1S/C27H48N2O/c1-10-15-28(16-14-20(3)11-2)26(30-9)25-19-29(27(6,7)8)18-24(25)23-13-12-21(4)17-22(23)5/h12-13,17,20,24-26H,10-11,14-16,18-19H2,1-9H3/t20?,24-,25?,26?/m0/s1. The second kappa shape index (κ2) is 11.1. The lowest BCUT2D eigenvalue weighted by molar-refractivity contribution is -0.0746. The highest BCUT2D eigenvalue weighted by Gasteiger charge is 2.44. The molecule has 2 rings (SSSR count). The fraction of sp³-hybridized carbons (Fsp3) is 0.778. The number of likely N-dealkylation sites (tertiary alicyclic amines) is 1. The first-order valence-corrected chi connectivity index (χ1v) is 12.2. The molecule has 0 aromatic heterocycles. The van der Waals surface area contributed by atoms with Gasteiger partial charge in [0, 0.05) is 50.7 Å². The van der Waals surface area contributed by atoms with Gasteiger partial charge in [0.1, 0.15) is 6.23 Å². The second-order valence-corrected chi connectivity index (χ2v) is 10.7. The van der Waals surface area contributed by atoms with E-state index in [1.54, 1.807) is 0 Å². The quantitative estimate of drug-likeness (QED) is 0.420. The van der Waals surface area contributed by atoms with E-state index >= 15 is 0 Å². The van der Waals surface area contributed by atoms with Gasteiger partial charge in [-0.1, -0.05) is 51.0 Å². The van der Waals surface area contributed by atoms with Crippen molar-refractivity contribution in [1.82, 2.24) is 9.80 Å². The van der Waals surface area contributed by atoms with Gasteiger partial charge in [0.2, 0.25) is 0 Å². The maximum absolute atomic E-state index is 6.29. The fourth-order valence-corrected chi connectivity index (χ4v) is 5.07. The van der Waals surface area contributed by atoms with Crippen molar-refractivity contribution in [1.29, 1.82) is 0 Å². The number of nitrogens with zero attached hydrogens (tertiary/aromatic N) is 2. The van der Waals surface area contributed by atoms with Gasteiger partial charge in [0.25, 0.3) is 0 Å². The Bertz CT molecular complexity index is 651. The molecule has 0 N–H and O–H groups in total. The van der Waals surface area contributed by atoms with Crippen LogP contribution in [-0.2, 0) is 4.74 Å². The lowest BCUT2D eigenvalue weighted by Gasteiger charge is -2.38. The van der Waals surface area contributed by atoms with Gasteiger partial charge in [0.15, 0.2) is 0 Å². The number of benzene rings is 1. The van der Waals surface area contributed by atoms with Crippen LogP contribution in [0.2, 0.25) is 0 Å². The molecule has 0 amide bonds. The Morgan fingerprint density at radius 2 is 1.83 bits per heavy atom. The molecular weight excluding hydrogens is 368 g/mol. The Morgan fingerprint density at radius 3 is 2.37 bits per heavy atom. The van der Waals surface area contributed by atoms with Crippen LogP contribution in [-0.4, -0.2) is 54.9 Å². The SMILES string of the molecule is CCCN(CCC(C)CC)C(OC)C1CN(C(C)(C)C)C[C@H]1c1ccc(C)cc1C. The first-order valence-electron chi connectivity index (χ1n) is 12.2. The molecule has 3 heteroatoms. The van der Waals surface area contributed by atoms with Crippen LogP contribution < -0.4 is 0 Å². The van der Waals surface area contributed by atoms with Crippen molar-refractivity contribution in [2.45, 2.75) is 92.3 Å². The smallest absolute Gasteiger partial charge is 0.114 e. The van der Waals surface area contributed by atoms with Crippen LogP contribution in [0.25, 0.3) is 0 Å². The maximum Gasteiger partial charge on any atom is 0.114 e. The Morgan fingerprint density at radius 1 is 1.13 bits per heavy atom. The van der Waals surface area contributed by atoms with Gasteiger partial charge < -0.3 is 4.74 Å². The average molecular weight is 417 g/mol. The summed E-state index contributed by atoms with van der Waals surface area (Å²) in [7, 11) is 1.93. The van der Waals surface area contributed by atoms with E-state index in [9.17, 15) is 0 Å². The third-order valence-corrected chi connectivity index (χ3v) is 7.22. The summed E-state index contributed by atoms with van der Waals surface area (Å²) in [5.41, 5.74) is 4.47. The van der Waals surface area contributed by atoms with E-state index in [0.717, 1.165) is 32.1 Å². The summed E-state index contributed by atoms with van der Waals surface area (Å²) in [5.74, 6) is 1.77. The predicted octanol–water partition coefficient (Wildman–Crippen LogP) is 6.24. The summed E-state index contributed by atoms with van der Waals surface area (Å²) in [4.78, 5) is 5.31. The first kappa shape index (κ1) is 25.4. The minimum absolute atomic E-state index is 0.173. The highest BCUT2D eigenvalue weighted by Crippen LogP contribution is 2.41. The van der Waals surface area contributed by atoms with Crippen molar-refractivity contribution in [3.63, 3.8) is 0 Å². The molecule has 1 aromatic carbocycles. The van der Waals surface area contributed by atoms with Crippen molar-refractivity contribution in [2.75, 3.05) is 33.3 Å². The van der Waals surface area contributed by atoms with E-state index in [1.165, 1.54) is 36.0 Å². The Kier molecular flexibility index (Phi) is 9.39. The molecule has 1 aromatic rings. The zero-order valence-electron chi connectivity index (χ0n) is 21.3. The molecular formula is C27H48N2O. The van der Waals surface area contributed by atoms with Gasteiger partial charge in [-0.3, -0.25) is 9.80 Å². The summed E-state index contributed by atoms with van der Waals surface area (Å²) in [6.07, 6.45) is 3.85. The largest absolute Gasteiger partial charge is 0.366 e. The molecule has 0 radical (unpaired) electrons. The number of rotatable bonds is 10. The number of hydrogen-bond donors (Lipinski definition) is 0. The predicted molar refractivity (Wildman–Crippen MR) is 130 cm³/mol. The lowest BCUT2D eigenvalue weighted by atomic mass is 9.84. The molecule has 3 nitrogen and oxygen atoms in total. The first-order chi connectivity index (χ1) is 14.1. The van der Waals surface area contributed by atoms with E-state index < -0.39 is 0 Å². The molecule has 0 spiro atoms. The molecule has 172 valence electrons. The molecule has 30 heavy (non-hydrogen) atoms. The van der Waals surface area contributed by atoms with Crippen LogP contribution in [0.1, 0.15) is 83.4 Å². The summed E-state index contributed by atoms with van der Waals surface area (Å²) in [6, 6.07) is 7.01. The Balaban J connectivity index is 2.36. The molecule has 0 bridgehead atoms. The zero-order valence-corrected chi connectivity index (χ0v) is 21.3. The van der Waals surface area contributed by atoms with Crippen LogP contribution in [0.15, 0.2) is 18.2 Å². The third-order valence-electron chi connectivity index (χ3n) is 7.22. The molecule has 1 aliphatic rings. The summed E-state index contributed by atoms with van der Waals surface area (Å²) in [6.45, 7) is 23.0. The van der Waals surface area contributed by atoms with E-state index in [1.807, 2.05) is 7.11 Å². The minimum atomic E-state index is 0.173. The minimum Gasteiger partial charge on any atom is -0.366 e. The van der Waals surface area contributed by atoms with Gasteiger partial charge in [-0.05, 0) is 64.5 Å². The van der Waals surface area contributed by atoms with E-state index in [-0.39, 0.29) is 11.8 Å². The average Bonchev–Trinajstić information content (AvgIpc) is 3.11. The van der Waals surface area contributed by atoms with Crippen molar-refractivity contribution < 1.29 is 4.74 Å². The summed E-state index contributed by atoms with van der Waals surface area (Å²) < 4.78 is 6.29. The molecule has 0 aliphatic carbocycles. The highest BCUT2D eigenvalue weighted by molar-refractivity contribution is 5.35. The van der Waals surface area contributed by atoms with Crippen LogP contribution in [0, 0.1) is 25.7 Å². The van der Waals surface area contributed by atoms with Gasteiger partial charge >= 0.3 is 0 Å². The third kappa shape index (κ3) is 6.31. The maximum atomic E-state index is 6.29. The molecule has 1 fully saturated rings. The van der Waals surface area contributed by atoms with Crippen molar-refractivity contribution >= 4 is 0 Å². The highest BCUT2D eigenvalue weighted by atomic mass is 16.5. The molecule has 1 aliphatic heterocycles. The van der Waals surface area contributed by atoms with Crippen molar-refractivity contribution in [2.24, 2.45) is 11.8 Å². The molecule has 0 saturated carbocycles. The van der Waals surface area contributed by atoms with Gasteiger partial charge in [0.05, 0.1) is 0 Å². The molecule has 1 saturated heterocycles. The van der Waals surface area contributed by atoms with Crippen LogP contribution in [0.3, 0.4) is 0 Å².